The molecule has 2 aromatic carbocycles. The zero-order valence-corrected chi connectivity index (χ0v) is 11.0. The Labute approximate surface area is 109 Å². The molecule has 0 unspecified atom stereocenters. The van der Waals surface area contributed by atoms with Gasteiger partial charge >= 0.3 is 0 Å². The van der Waals surface area contributed by atoms with Crippen LogP contribution in [-0.2, 0) is 0 Å². The highest BCUT2D eigenvalue weighted by Crippen LogP contribution is 2.29. The average Bonchev–Trinajstić information content (AvgIpc) is 2.76. The Kier molecular flexibility index (Phi) is 2.65. The van der Waals surface area contributed by atoms with E-state index in [1.807, 2.05) is 12.3 Å². The first-order valence-electron chi connectivity index (χ1n) is 5.39. The van der Waals surface area contributed by atoms with Crippen LogP contribution in [0.2, 0.25) is 0 Å². The molecule has 0 saturated carbocycles. The molecule has 0 aliphatic rings. The maximum atomic E-state index is 5.40. The largest absolute Gasteiger partial charge is 0.354 e. The number of H-pyrrole nitrogens is 1. The summed E-state index contributed by atoms with van der Waals surface area (Å²) in [6.07, 6.45) is 2.02. The molecule has 0 aliphatic carbocycles. The maximum Gasteiger partial charge on any atom is 0.0796 e. The molecule has 0 saturated heterocycles. The van der Waals surface area contributed by atoms with Crippen molar-refractivity contribution in [2.45, 2.75) is 0 Å². The number of rotatable bonds is 1. The Hall–Kier alpha value is -1.32. The van der Waals surface area contributed by atoms with Gasteiger partial charge in [-0.3, -0.25) is 0 Å². The molecule has 17 heavy (non-hydrogen) atoms. The minimum absolute atomic E-state index is 0.933. The van der Waals surface area contributed by atoms with E-state index in [9.17, 15) is 0 Å². The number of para-hydroxylation sites is 2. The number of thiocarbonyl (C=S) groups is 1. The third-order valence-corrected chi connectivity index (χ3v) is 4.26. The second-order valence-electron chi connectivity index (χ2n) is 3.89. The van der Waals surface area contributed by atoms with Gasteiger partial charge in [-0.15, -0.1) is 11.8 Å². The van der Waals surface area contributed by atoms with Gasteiger partial charge in [0.1, 0.15) is 0 Å². The van der Waals surface area contributed by atoms with E-state index in [-0.39, 0.29) is 0 Å². The van der Waals surface area contributed by atoms with Crippen LogP contribution in [0, 0.1) is 0 Å². The standard InChI is InChI=1S/C14H11NS2/c1-17-14(16)11-7-4-6-10-9-5-2-3-8-12(9)15-13(10)11/h2-8,15H,1H3. The molecule has 1 aromatic heterocycles. The summed E-state index contributed by atoms with van der Waals surface area (Å²) in [4.78, 5) is 3.46. The molecule has 1 nitrogen and oxygen atoms in total. The fourth-order valence-electron chi connectivity index (χ4n) is 2.15. The second kappa shape index (κ2) is 4.17. The summed E-state index contributed by atoms with van der Waals surface area (Å²) in [5.41, 5.74) is 3.44. The van der Waals surface area contributed by atoms with Crippen LogP contribution in [0.25, 0.3) is 21.8 Å². The smallest absolute Gasteiger partial charge is 0.0796 e. The van der Waals surface area contributed by atoms with Gasteiger partial charge in [0, 0.05) is 21.9 Å². The number of nitrogens with one attached hydrogen (secondary N) is 1. The summed E-state index contributed by atoms with van der Waals surface area (Å²) < 4.78 is 0.933. The van der Waals surface area contributed by atoms with Gasteiger partial charge in [-0.05, 0) is 12.3 Å². The number of fused-ring (bicyclic) bond motifs is 3. The van der Waals surface area contributed by atoms with Gasteiger partial charge in [-0.1, -0.05) is 48.6 Å². The van der Waals surface area contributed by atoms with E-state index in [0.717, 1.165) is 15.3 Å². The first kappa shape index (κ1) is 10.8. The summed E-state index contributed by atoms with van der Waals surface area (Å²) in [6, 6.07) is 14.6. The molecule has 1 heterocycles. The monoisotopic (exact) mass is 257 g/mol. The molecular weight excluding hydrogens is 246 g/mol. The highest BCUT2D eigenvalue weighted by Gasteiger charge is 2.09. The Morgan fingerprint density at radius 1 is 1.06 bits per heavy atom. The molecule has 0 spiro atoms. The fraction of sp³-hybridized carbons (Fsp3) is 0.0714. The first-order chi connectivity index (χ1) is 8.31. The molecular formula is C14H11NS2. The van der Waals surface area contributed by atoms with E-state index in [1.54, 1.807) is 11.8 Å². The average molecular weight is 257 g/mol. The highest BCUT2D eigenvalue weighted by molar-refractivity contribution is 8.23. The summed E-state index contributed by atoms with van der Waals surface area (Å²) in [6.45, 7) is 0. The van der Waals surface area contributed by atoms with Gasteiger partial charge in [0.25, 0.3) is 0 Å². The Morgan fingerprint density at radius 2 is 1.82 bits per heavy atom. The highest BCUT2D eigenvalue weighted by atomic mass is 32.2. The predicted octanol–water partition coefficient (Wildman–Crippen LogP) is 4.36. The number of thioether (sulfide) groups is 1. The van der Waals surface area contributed by atoms with E-state index in [1.165, 1.54) is 16.3 Å². The van der Waals surface area contributed by atoms with Gasteiger partial charge in [-0.25, -0.2) is 0 Å². The lowest BCUT2D eigenvalue weighted by Gasteiger charge is -2.01. The lowest BCUT2D eigenvalue weighted by atomic mass is 10.1. The molecule has 84 valence electrons. The van der Waals surface area contributed by atoms with Crippen molar-refractivity contribution in [3.8, 4) is 0 Å². The van der Waals surface area contributed by atoms with Crippen LogP contribution in [0.5, 0.6) is 0 Å². The van der Waals surface area contributed by atoms with Crippen molar-refractivity contribution in [3.63, 3.8) is 0 Å². The molecule has 0 fully saturated rings. The van der Waals surface area contributed by atoms with Gasteiger partial charge in [0.05, 0.1) is 9.71 Å². The molecule has 3 aromatic rings. The van der Waals surface area contributed by atoms with E-state index in [2.05, 4.69) is 41.4 Å². The van der Waals surface area contributed by atoms with Crippen molar-refractivity contribution >= 4 is 50.0 Å². The number of benzene rings is 2. The molecule has 0 bridgehead atoms. The molecule has 1 N–H and O–H groups in total. The SMILES string of the molecule is CSC(=S)c1cccc2c1[nH]c1ccccc12. The minimum Gasteiger partial charge on any atom is -0.354 e. The van der Waals surface area contributed by atoms with Crippen molar-refractivity contribution < 1.29 is 0 Å². The van der Waals surface area contributed by atoms with Crippen LogP contribution in [0.1, 0.15) is 5.56 Å². The lowest BCUT2D eigenvalue weighted by Crippen LogP contribution is -1.91. The molecule has 3 rings (SSSR count). The summed E-state index contributed by atoms with van der Waals surface area (Å²) in [7, 11) is 0. The lowest BCUT2D eigenvalue weighted by molar-refractivity contribution is 1.54. The first-order valence-corrected chi connectivity index (χ1v) is 7.02. The van der Waals surface area contributed by atoms with Crippen molar-refractivity contribution in [1.29, 1.82) is 0 Å². The van der Waals surface area contributed by atoms with E-state index >= 15 is 0 Å². The van der Waals surface area contributed by atoms with Crippen molar-refractivity contribution in [3.05, 3.63) is 48.0 Å². The van der Waals surface area contributed by atoms with Crippen molar-refractivity contribution in [2.75, 3.05) is 6.26 Å². The van der Waals surface area contributed by atoms with Gasteiger partial charge < -0.3 is 4.98 Å². The van der Waals surface area contributed by atoms with Crippen LogP contribution in [0.15, 0.2) is 42.5 Å². The quantitative estimate of drug-likeness (QED) is 0.652. The van der Waals surface area contributed by atoms with Crippen LogP contribution >= 0.6 is 24.0 Å². The van der Waals surface area contributed by atoms with Gasteiger partial charge in [0.2, 0.25) is 0 Å². The van der Waals surface area contributed by atoms with Crippen molar-refractivity contribution in [2.24, 2.45) is 0 Å². The number of aromatic nitrogens is 1. The Morgan fingerprint density at radius 3 is 2.65 bits per heavy atom. The number of hydrogen-bond donors (Lipinski definition) is 1. The van der Waals surface area contributed by atoms with Crippen LogP contribution in [0.4, 0.5) is 0 Å². The van der Waals surface area contributed by atoms with Crippen LogP contribution in [0.3, 0.4) is 0 Å². The molecule has 0 aliphatic heterocycles. The number of hydrogen-bond acceptors (Lipinski definition) is 2. The minimum atomic E-state index is 0.933. The zero-order valence-electron chi connectivity index (χ0n) is 9.36. The fourth-order valence-corrected chi connectivity index (χ4v) is 2.71. The van der Waals surface area contributed by atoms with Crippen LogP contribution < -0.4 is 0 Å². The van der Waals surface area contributed by atoms with Gasteiger partial charge in [0.15, 0.2) is 0 Å². The summed E-state index contributed by atoms with van der Waals surface area (Å²) in [5, 5.41) is 2.50. The molecule has 3 heteroatoms. The Bertz CT molecular complexity index is 712. The normalized spacial score (nSPS) is 11.1. The van der Waals surface area contributed by atoms with Gasteiger partial charge in [-0.2, -0.15) is 0 Å². The van der Waals surface area contributed by atoms with Crippen molar-refractivity contribution in [1.82, 2.24) is 4.98 Å². The van der Waals surface area contributed by atoms with E-state index < -0.39 is 0 Å². The van der Waals surface area contributed by atoms with Crippen LogP contribution in [-0.4, -0.2) is 15.4 Å². The van der Waals surface area contributed by atoms with E-state index in [0.29, 0.717) is 0 Å². The molecule has 0 amide bonds. The Balaban J connectivity index is 2.43. The third-order valence-electron chi connectivity index (χ3n) is 2.95. The topological polar surface area (TPSA) is 15.8 Å². The predicted molar refractivity (Wildman–Crippen MR) is 81.0 cm³/mol. The zero-order chi connectivity index (χ0) is 11.8. The number of aromatic amines is 1. The summed E-state index contributed by atoms with van der Waals surface area (Å²) >= 11 is 7.01. The maximum absolute atomic E-state index is 5.40. The second-order valence-corrected chi connectivity index (χ2v) is 5.37. The third kappa shape index (κ3) is 1.66. The van der Waals surface area contributed by atoms with E-state index in [4.69, 9.17) is 12.2 Å². The molecule has 0 atom stereocenters. The summed E-state index contributed by atoms with van der Waals surface area (Å²) in [5.74, 6) is 0. The molecule has 0 radical (unpaired) electrons.